The van der Waals surface area contributed by atoms with Crippen LogP contribution >= 0.6 is 0 Å². The minimum absolute atomic E-state index is 0.0159. The third kappa shape index (κ3) is 7.38. The van der Waals surface area contributed by atoms with E-state index < -0.39 is 72.6 Å². The van der Waals surface area contributed by atoms with Crippen molar-refractivity contribution in [1.29, 1.82) is 0 Å². The van der Waals surface area contributed by atoms with Gasteiger partial charge in [0.25, 0.3) is 0 Å². The van der Waals surface area contributed by atoms with E-state index in [9.17, 15) is 25.2 Å². The van der Waals surface area contributed by atoms with Crippen molar-refractivity contribution in [2.24, 2.45) is 34.5 Å². The zero-order valence-electron chi connectivity index (χ0n) is 34.7. The van der Waals surface area contributed by atoms with E-state index in [1.165, 1.54) is 12.8 Å². The minimum atomic E-state index is -0.997. The Morgan fingerprint density at radius 1 is 0.754 bits per heavy atom. The van der Waals surface area contributed by atoms with E-state index in [2.05, 4.69) is 25.7 Å². The van der Waals surface area contributed by atoms with Crippen molar-refractivity contribution in [2.75, 3.05) is 19.7 Å². The molecule has 9 aliphatic rings. The highest BCUT2D eigenvalue weighted by molar-refractivity contribution is 5.85. The molecule has 19 atom stereocenters. The highest BCUT2D eigenvalue weighted by Crippen LogP contribution is 2.70. The van der Waals surface area contributed by atoms with Crippen molar-refractivity contribution in [3.05, 3.63) is 11.6 Å². The van der Waals surface area contributed by atoms with Gasteiger partial charge in [-0.05, 0) is 120 Å². The fraction of sp³-hybridized carbons (Fsp3) is 0.932. The summed E-state index contributed by atoms with van der Waals surface area (Å²) in [5.74, 6) is 0.289. The Morgan fingerprint density at radius 3 is 2.09 bits per heavy atom. The molecule has 13 heteroatoms. The number of ether oxygens (including phenoxy) is 7. The van der Waals surface area contributed by atoms with Crippen molar-refractivity contribution in [3.8, 4) is 0 Å². The molecule has 0 bridgehead atoms. The van der Waals surface area contributed by atoms with Crippen LogP contribution in [0.4, 0.5) is 0 Å². The molecule has 2 unspecified atom stereocenters. The first kappa shape index (κ1) is 41.1. The summed E-state index contributed by atoms with van der Waals surface area (Å²) in [7, 11) is 0. The van der Waals surface area contributed by atoms with Crippen LogP contribution in [0.15, 0.2) is 11.6 Å². The van der Waals surface area contributed by atoms with Gasteiger partial charge in [0.2, 0.25) is 0 Å². The molecular weight excluding hydrogens is 734 g/mol. The summed E-state index contributed by atoms with van der Waals surface area (Å²) >= 11 is 0. The summed E-state index contributed by atoms with van der Waals surface area (Å²) in [6, 6.07) is 0.669. The molecule has 13 nitrogen and oxygen atoms in total. The van der Waals surface area contributed by atoms with Crippen molar-refractivity contribution in [2.45, 2.75) is 204 Å². The molecule has 4 aliphatic heterocycles. The molecule has 0 aromatic carbocycles. The molecule has 4 N–H and O–H groups in total. The maximum atomic E-state index is 12.6. The number of cyclic esters (lactones) is 1. The normalized spacial score (nSPS) is 53.3. The molecule has 3 saturated heterocycles. The first-order chi connectivity index (χ1) is 27.2. The number of carbonyl (C=O) groups is 1. The number of aliphatic hydroxyl groups is 4. The van der Waals surface area contributed by atoms with Gasteiger partial charge in [-0.2, -0.15) is 0 Å². The molecule has 8 fully saturated rings. The van der Waals surface area contributed by atoms with E-state index in [-0.39, 0.29) is 60.8 Å². The standard InChI is InChI=1S/C44H69NO12/c1-23-21-45(28-7-8-28)15-12-37(52-23)56-40-24(2)54-39(20-34(40)47)57-41-25(3)53-38(19-33(41)46)55-29-10-13-42(4)27(17-29)6-9-31-32(42)18-35(48)43(5)30(11-14-44(31,43)50)26-16-36(49)51-22-26/h16,23-25,27-35,37-41,46-48,50H,6-15,17-22H2,1-5H3/t23?,24-,25-,27-,29+,30-,31-,32+,33+,34+,35-,37?,38+,39+,40-,41-,42+,43+,44+/m1/s1. The molecule has 57 heavy (non-hydrogen) atoms. The SMILES string of the molecule is CC1CN(C2CC2)CCC(O[C@H]2[C@@H](O)C[C@H](O[C@H]3[C@@H](O)C[C@H](O[C@H]4CC[C@@]5(C)[C@H](CC[C@@H]6[C@@H]5C[C@@H](O)[C@]5(C)[C@@H](C7=CC(=O)OC7)CC[C@]65O)C4)O[C@@H]3C)O[C@@H]2C)O1. The Balaban J connectivity index is 0.765. The van der Waals surface area contributed by atoms with Gasteiger partial charge in [0.05, 0.1) is 48.3 Å². The minimum Gasteiger partial charge on any atom is -0.458 e. The summed E-state index contributed by atoms with van der Waals surface area (Å²) in [5, 5.41) is 47.1. The van der Waals surface area contributed by atoms with E-state index in [4.69, 9.17) is 33.2 Å². The van der Waals surface area contributed by atoms with Crippen LogP contribution in [0.25, 0.3) is 0 Å². The highest BCUT2D eigenvalue weighted by atomic mass is 16.7. The number of fused-ring (bicyclic) bond motifs is 5. The molecule has 9 rings (SSSR count). The van der Waals surface area contributed by atoms with Crippen LogP contribution in [0.2, 0.25) is 0 Å². The molecule has 0 radical (unpaired) electrons. The maximum absolute atomic E-state index is 12.6. The molecule has 4 heterocycles. The van der Waals surface area contributed by atoms with Crippen LogP contribution < -0.4 is 0 Å². The zero-order valence-corrected chi connectivity index (χ0v) is 34.7. The van der Waals surface area contributed by atoms with Gasteiger partial charge in [0.15, 0.2) is 18.9 Å². The Hall–Kier alpha value is -1.23. The van der Waals surface area contributed by atoms with Crippen LogP contribution in [0.5, 0.6) is 0 Å². The average Bonchev–Trinajstić information content (AvgIpc) is 3.88. The Kier molecular flexibility index (Phi) is 11.3. The van der Waals surface area contributed by atoms with E-state index >= 15 is 0 Å². The summed E-state index contributed by atoms with van der Waals surface area (Å²) in [6.45, 7) is 12.4. The molecule has 322 valence electrons. The number of aliphatic hydroxyl groups excluding tert-OH is 3. The molecule has 0 amide bonds. The molecule has 5 saturated carbocycles. The smallest absolute Gasteiger partial charge is 0.331 e. The number of nitrogens with zero attached hydrogens (tertiary/aromatic N) is 1. The van der Waals surface area contributed by atoms with Crippen molar-refractivity contribution >= 4 is 5.97 Å². The van der Waals surface area contributed by atoms with Crippen molar-refractivity contribution < 1.29 is 58.4 Å². The Labute approximate surface area is 338 Å². The summed E-state index contributed by atoms with van der Waals surface area (Å²) in [5.41, 5.74) is -0.828. The van der Waals surface area contributed by atoms with Gasteiger partial charge in [-0.15, -0.1) is 0 Å². The third-order valence-electron chi connectivity index (χ3n) is 16.9. The van der Waals surface area contributed by atoms with Crippen molar-refractivity contribution in [1.82, 2.24) is 4.90 Å². The van der Waals surface area contributed by atoms with Gasteiger partial charge in [-0.1, -0.05) is 13.8 Å². The number of rotatable bonds is 8. The summed E-state index contributed by atoms with van der Waals surface area (Å²) in [4.78, 5) is 14.5. The number of hydrogen-bond donors (Lipinski definition) is 4. The van der Waals surface area contributed by atoms with E-state index in [0.29, 0.717) is 24.8 Å². The Morgan fingerprint density at radius 2 is 1.44 bits per heavy atom. The molecule has 0 aromatic heterocycles. The first-order valence-electron chi connectivity index (χ1n) is 22.5. The molecule has 5 aliphatic carbocycles. The quantitative estimate of drug-likeness (QED) is 0.206. The van der Waals surface area contributed by atoms with Gasteiger partial charge in [0, 0.05) is 49.9 Å². The zero-order chi connectivity index (χ0) is 40.0. The van der Waals surface area contributed by atoms with Crippen LogP contribution in [0, 0.1) is 34.5 Å². The second-order valence-electron chi connectivity index (χ2n) is 20.1. The number of hydrogen-bond acceptors (Lipinski definition) is 13. The predicted octanol–water partition coefficient (Wildman–Crippen LogP) is 3.96. The van der Waals surface area contributed by atoms with Gasteiger partial charge in [0.1, 0.15) is 18.8 Å². The summed E-state index contributed by atoms with van der Waals surface area (Å²) < 4.78 is 43.3. The topological polar surface area (TPSA) is 166 Å². The predicted molar refractivity (Wildman–Crippen MR) is 205 cm³/mol. The van der Waals surface area contributed by atoms with Gasteiger partial charge < -0.3 is 53.6 Å². The molecular formula is C44H69NO12. The fourth-order valence-electron chi connectivity index (χ4n) is 13.6. The second kappa shape index (κ2) is 15.6. The third-order valence-corrected chi connectivity index (χ3v) is 16.9. The number of carbonyl (C=O) groups excluding carboxylic acids is 1. The van der Waals surface area contributed by atoms with E-state index in [1.807, 2.05) is 13.8 Å². The van der Waals surface area contributed by atoms with Gasteiger partial charge in [-0.3, -0.25) is 4.90 Å². The lowest BCUT2D eigenvalue weighted by molar-refractivity contribution is -0.329. The fourth-order valence-corrected chi connectivity index (χ4v) is 13.6. The lowest BCUT2D eigenvalue weighted by atomic mass is 9.42. The van der Waals surface area contributed by atoms with E-state index in [0.717, 1.165) is 63.6 Å². The van der Waals surface area contributed by atoms with Crippen LogP contribution in [-0.4, -0.2) is 136 Å². The largest absolute Gasteiger partial charge is 0.458 e. The Bertz CT molecular complexity index is 1490. The second-order valence-corrected chi connectivity index (χ2v) is 20.1. The lowest BCUT2D eigenvalue weighted by Gasteiger charge is -2.65. The van der Waals surface area contributed by atoms with Crippen LogP contribution in [-0.2, 0) is 38.0 Å². The highest BCUT2D eigenvalue weighted by Gasteiger charge is 2.71. The van der Waals surface area contributed by atoms with Gasteiger partial charge >= 0.3 is 5.97 Å². The number of esters is 1. The van der Waals surface area contributed by atoms with Crippen LogP contribution in [0.3, 0.4) is 0 Å². The molecule has 0 aromatic rings. The van der Waals surface area contributed by atoms with Crippen LogP contribution in [0.1, 0.15) is 118 Å². The summed E-state index contributed by atoms with van der Waals surface area (Å²) in [6.07, 6.45) is 5.89. The monoisotopic (exact) mass is 803 g/mol. The lowest BCUT2D eigenvalue weighted by Crippen LogP contribution is -2.67. The van der Waals surface area contributed by atoms with Crippen molar-refractivity contribution in [3.63, 3.8) is 0 Å². The maximum Gasteiger partial charge on any atom is 0.331 e. The molecule has 0 spiro atoms. The average molecular weight is 804 g/mol. The first-order valence-corrected chi connectivity index (χ1v) is 22.5. The van der Waals surface area contributed by atoms with E-state index in [1.54, 1.807) is 6.08 Å². The van der Waals surface area contributed by atoms with Gasteiger partial charge in [-0.25, -0.2) is 4.79 Å².